The molecule has 0 saturated carbocycles. The van der Waals surface area contributed by atoms with Gasteiger partial charge in [0.25, 0.3) is 0 Å². The maximum absolute atomic E-state index is 10.3. The summed E-state index contributed by atoms with van der Waals surface area (Å²) in [6.45, 7) is 0. The summed E-state index contributed by atoms with van der Waals surface area (Å²) in [5, 5.41) is 33.8. The molecule has 9 heteroatoms. The van der Waals surface area contributed by atoms with E-state index in [1.165, 1.54) is 0 Å². The Labute approximate surface area is 122 Å². The molecule has 0 aliphatic rings. The second kappa shape index (κ2) is 8.26. The van der Waals surface area contributed by atoms with Crippen LogP contribution in [0.5, 0.6) is 0 Å². The van der Waals surface area contributed by atoms with Gasteiger partial charge in [-0.1, -0.05) is 0 Å². The van der Waals surface area contributed by atoms with Crippen molar-refractivity contribution >= 4 is 47.5 Å². The molecule has 0 aromatic carbocycles. The molecule has 80 valence electrons. The molecule has 0 unspecified atom stereocenters. The summed E-state index contributed by atoms with van der Waals surface area (Å²) in [5.41, 5.74) is -2.74. The Morgan fingerprint density at radius 3 is 1.33 bits per heavy atom. The number of carboxylic acids is 3. The number of carbonyl (C=O) groups is 3. The molecule has 7 nitrogen and oxygen atoms in total. The average molecular weight is 264 g/mol. The van der Waals surface area contributed by atoms with Crippen LogP contribution in [0, 0.1) is 0 Å². The van der Waals surface area contributed by atoms with Gasteiger partial charge in [0.05, 0.1) is 12.8 Å². The number of rotatable bonds is 5. The van der Waals surface area contributed by atoms with Gasteiger partial charge in [-0.3, -0.25) is 9.59 Å². The summed E-state index contributed by atoms with van der Waals surface area (Å²) in [6.07, 6.45) is -2.29. The van der Waals surface area contributed by atoms with Crippen LogP contribution in [0.4, 0.5) is 0 Å². The molecule has 4 N–H and O–H groups in total. The molecule has 0 fully saturated rings. The third-order valence-electron chi connectivity index (χ3n) is 1.29. The van der Waals surface area contributed by atoms with Crippen molar-refractivity contribution in [2.45, 2.75) is 18.4 Å². The minimum atomic E-state index is -2.74. The molecule has 0 rings (SSSR count). The van der Waals surface area contributed by atoms with E-state index in [-0.39, 0.29) is 51.3 Å². The molecular weight excluding hydrogens is 255 g/mol. The SMILES string of the molecule is O=C(O)CC(O)(CC(=O)O)C(=O)O.[NaH].[Ti]. The van der Waals surface area contributed by atoms with Crippen LogP contribution < -0.4 is 0 Å². The first-order valence-corrected chi connectivity index (χ1v) is 3.17. The zero-order valence-electron chi connectivity index (χ0n) is 6.93. The van der Waals surface area contributed by atoms with E-state index in [4.69, 9.17) is 20.4 Å². The summed E-state index contributed by atoms with van der Waals surface area (Å²) < 4.78 is 0. The minimum absolute atomic E-state index is 0. The fourth-order valence-electron chi connectivity index (χ4n) is 0.714. The van der Waals surface area contributed by atoms with Gasteiger partial charge in [0.2, 0.25) is 0 Å². The number of aliphatic hydroxyl groups is 1. The van der Waals surface area contributed by atoms with Crippen LogP contribution in [-0.2, 0) is 36.1 Å². The summed E-state index contributed by atoms with van der Waals surface area (Å²) in [4.78, 5) is 30.5. The Morgan fingerprint density at radius 1 is 0.933 bits per heavy atom. The van der Waals surface area contributed by atoms with Crippen LogP contribution in [0.1, 0.15) is 12.8 Å². The average Bonchev–Trinajstić information content (AvgIpc) is 1.82. The van der Waals surface area contributed by atoms with Gasteiger partial charge in [0.1, 0.15) is 0 Å². The van der Waals surface area contributed by atoms with Crippen LogP contribution in [0.2, 0.25) is 0 Å². The van der Waals surface area contributed by atoms with E-state index in [0.717, 1.165) is 0 Å². The fourth-order valence-corrected chi connectivity index (χ4v) is 0.714. The first kappa shape index (κ1) is 20.5. The van der Waals surface area contributed by atoms with Crippen molar-refractivity contribution in [3.63, 3.8) is 0 Å². The molecule has 0 spiro atoms. The van der Waals surface area contributed by atoms with Crippen molar-refractivity contribution in [2.24, 2.45) is 0 Å². The topological polar surface area (TPSA) is 132 Å². The van der Waals surface area contributed by atoms with Crippen molar-refractivity contribution in [1.29, 1.82) is 0 Å². The van der Waals surface area contributed by atoms with Crippen LogP contribution >= 0.6 is 0 Å². The molecule has 0 aromatic heterocycles. The summed E-state index contributed by atoms with van der Waals surface area (Å²) >= 11 is 0. The number of hydrogen-bond donors (Lipinski definition) is 4. The van der Waals surface area contributed by atoms with Gasteiger partial charge in [-0.25, -0.2) is 4.79 Å². The summed E-state index contributed by atoms with van der Waals surface area (Å²) in [7, 11) is 0. The van der Waals surface area contributed by atoms with Crippen molar-refractivity contribution in [3.8, 4) is 0 Å². The fraction of sp³-hybridized carbons (Fsp3) is 0.500. The van der Waals surface area contributed by atoms with E-state index in [9.17, 15) is 14.4 Å². The third-order valence-corrected chi connectivity index (χ3v) is 1.29. The zero-order valence-corrected chi connectivity index (χ0v) is 8.49. The van der Waals surface area contributed by atoms with E-state index >= 15 is 0 Å². The smallest absolute Gasteiger partial charge is 0 e. The molecule has 0 heterocycles. The van der Waals surface area contributed by atoms with Gasteiger partial charge in [-0.2, -0.15) is 0 Å². The molecule has 0 amide bonds. The molecule has 0 aromatic rings. The van der Waals surface area contributed by atoms with Gasteiger partial charge in [-0.15, -0.1) is 0 Å². The predicted octanol–water partition coefficient (Wildman–Crippen LogP) is -1.90. The largest absolute Gasteiger partial charge is 0 e. The van der Waals surface area contributed by atoms with Gasteiger partial charge < -0.3 is 20.4 Å². The third kappa shape index (κ3) is 7.95. The van der Waals surface area contributed by atoms with Crippen molar-refractivity contribution in [3.05, 3.63) is 0 Å². The Kier molecular flexibility index (Phi) is 11.3. The number of hydrogen-bond acceptors (Lipinski definition) is 4. The van der Waals surface area contributed by atoms with Gasteiger partial charge >= 0.3 is 47.5 Å². The first-order valence-electron chi connectivity index (χ1n) is 3.17. The predicted molar refractivity (Wildman–Crippen MR) is 44.2 cm³/mol. The number of aliphatic carboxylic acids is 3. The minimum Gasteiger partial charge on any atom is 0 e. The van der Waals surface area contributed by atoms with Crippen LogP contribution in [-0.4, -0.2) is 73.5 Å². The second-order valence-electron chi connectivity index (χ2n) is 2.48. The van der Waals surface area contributed by atoms with Crippen LogP contribution in [0.15, 0.2) is 0 Å². The van der Waals surface area contributed by atoms with E-state index in [2.05, 4.69) is 0 Å². The van der Waals surface area contributed by atoms with Crippen molar-refractivity contribution in [1.82, 2.24) is 0 Å². The maximum Gasteiger partial charge on any atom is 0 e. The molecule has 0 saturated heterocycles. The van der Waals surface area contributed by atoms with E-state index < -0.39 is 36.4 Å². The summed E-state index contributed by atoms with van der Waals surface area (Å²) in [6, 6.07) is 0. The molecule has 0 aliphatic heterocycles. The van der Waals surface area contributed by atoms with Crippen molar-refractivity contribution in [2.75, 3.05) is 0 Å². The van der Waals surface area contributed by atoms with E-state index in [1.807, 2.05) is 0 Å². The first-order chi connectivity index (χ1) is 5.78. The zero-order chi connectivity index (χ0) is 10.6. The Hall–Kier alpha value is 0.0843. The quantitative estimate of drug-likeness (QED) is 0.426. The molecule has 15 heavy (non-hydrogen) atoms. The molecule has 0 aliphatic carbocycles. The summed E-state index contributed by atoms with van der Waals surface area (Å²) in [5.74, 6) is -5.02. The molecule has 0 radical (unpaired) electrons. The maximum atomic E-state index is 10.3. The normalized spacial score (nSPS) is 9.40. The standard InChI is InChI=1S/C6H8O7.Na.Ti.H/c7-3(8)1-6(13,5(11)12)2-4(9)10;;;/h13H,1-2H2,(H,7,8)(H,9,10)(H,11,12);;;. The van der Waals surface area contributed by atoms with Crippen LogP contribution in [0.25, 0.3) is 0 Å². The van der Waals surface area contributed by atoms with Gasteiger partial charge in [-0.05, 0) is 0 Å². The Morgan fingerprint density at radius 2 is 1.20 bits per heavy atom. The van der Waals surface area contributed by atoms with Gasteiger partial charge in [0, 0.05) is 21.7 Å². The van der Waals surface area contributed by atoms with E-state index in [1.54, 1.807) is 0 Å². The van der Waals surface area contributed by atoms with Crippen LogP contribution in [0.3, 0.4) is 0 Å². The Balaban J connectivity index is -0.000000720. The van der Waals surface area contributed by atoms with E-state index in [0.29, 0.717) is 0 Å². The monoisotopic (exact) mass is 264 g/mol. The number of carboxylic acid groups (broad SMARTS) is 3. The second-order valence-corrected chi connectivity index (χ2v) is 2.48. The Bertz CT molecular complexity index is 238. The van der Waals surface area contributed by atoms with Crippen molar-refractivity contribution < 1.29 is 56.5 Å². The molecular formula is C6H9NaO7Ti. The molecule has 0 bridgehead atoms. The van der Waals surface area contributed by atoms with Gasteiger partial charge in [0.15, 0.2) is 5.60 Å². The molecule has 0 atom stereocenters.